The van der Waals surface area contributed by atoms with Gasteiger partial charge in [-0.05, 0) is 25.3 Å². The maximum atomic E-state index is 11.6. The smallest absolute Gasteiger partial charge is 0.325 e. The first-order valence-corrected chi connectivity index (χ1v) is 6.69. The van der Waals surface area contributed by atoms with E-state index in [1.165, 1.54) is 0 Å². The van der Waals surface area contributed by atoms with Crippen molar-refractivity contribution < 1.29 is 14.6 Å². The quantitative estimate of drug-likeness (QED) is 0.905. The zero-order chi connectivity index (χ0) is 13.8. The lowest BCUT2D eigenvalue weighted by Gasteiger charge is -2.40. The zero-order valence-electron chi connectivity index (χ0n) is 11.5. The molecule has 0 spiro atoms. The molecule has 1 aliphatic heterocycles. The molecule has 1 aromatic carbocycles. The number of rotatable bonds is 4. The second-order valence-electron chi connectivity index (χ2n) is 5.12. The highest BCUT2D eigenvalue weighted by atomic mass is 16.5. The molecule has 0 aromatic heterocycles. The second-order valence-corrected chi connectivity index (χ2v) is 5.12. The normalized spacial score (nSPS) is 26.0. The Balaban J connectivity index is 2.19. The fourth-order valence-electron chi connectivity index (χ4n) is 2.86. The number of nitrogens with zero attached hydrogens (tertiary/aromatic N) is 1. The minimum atomic E-state index is -0.783. The molecule has 1 heterocycles. The maximum Gasteiger partial charge on any atom is 0.325 e. The van der Waals surface area contributed by atoms with E-state index in [1.807, 2.05) is 30.3 Å². The first-order valence-electron chi connectivity index (χ1n) is 6.69. The van der Waals surface area contributed by atoms with Crippen LogP contribution < -0.4 is 0 Å². The van der Waals surface area contributed by atoms with E-state index in [1.54, 1.807) is 7.11 Å². The highest BCUT2D eigenvalue weighted by Crippen LogP contribution is 2.29. The van der Waals surface area contributed by atoms with E-state index >= 15 is 0 Å². The Bertz CT molecular complexity index is 421. The van der Waals surface area contributed by atoms with E-state index in [9.17, 15) is 9.90 Å². The highest BCUT2D eigenvalue weighted by Gasteiger charge is 2.35. The Morgan fingerprint density at radius 2 is 2.11 bits per heavy atom. The van der Waals surface area contributed by atoms with E-state index in [-0.39, 0.29) is 12.1 Å². The van der Waals surface area contributed by atoms with E-state index in [4.69, 9.17) is 4.74 Å². The molecule has 19 heavy (non-hydrogen) atoms. The van der Waals surface area contributed by atoms with E-state index in [0.717, 1.165) is 24.9 Å². The number of benzene rings is 1. The van der Waals surface area contributed by atoms with Crippen molar-refractivity contribution in [2.75, 3.05) is 13.7 Å². The SMILES string of the molecule is COC1CCN(C(C(=O)O)c2ccccc2)C(C)C1. The molecule has 1 aromatic rings. The number of carboxylic acid groups (broad SMARTS) is 1. The minimum Gasteiger partial charge on any atom is -0.480 e. The molecule has 0 amide bonds. The van der Waals surface area contributed by atoms with E-state index in [0.29, 0.717) is 0 Å². The molecule has 0 radical (unpaired) electrons. The summed E-state index contributed by atoms with van der Waals surface area (Å²) in [7, 11) is 1.72. The van der Waals surface area contributed by atoms with Crippen LogP contribution in [0.5, 0.6) is 0 Å². The second kappa shape index (κ2) is 6.17. The highest BCUT2D eigenvalue weighted by molar-refractivity contribution is 5.75. The van der Waals surface area contributed by atoms with Crippen LogP contribution in [-0.4, -0.2) is 41.8 Å². The van der Waals surface area contributed by atoms with Gasteiger partial charge in [0.1, 0.15) is 6.04 Å². The number of hydrogen-bond acceptors (Lipinski definition) is 3. The van der Waals surface area contributed by atoms with Crippen LogP contribution >= 0.6 is 0 Å². The van der Waals surface area contributed by atoms with Gasteiger partial charge in [0.2, 0.25) is 0 Å². The van der Waals surface area contributed by atoms with Gasteiger partial charge in [-0.1, -0.05) is 30.3 Å². The Hall–Kier alpha value is -1.39. The van der Waals surface area contributed by atoms with Crippen molar-refractivity contribution in [1.82, 2.24) is 4.90 Å². The summed E-state index contributed by atoms with van der Waals surface area (Å²) in [6.45, 7) is 2.83. The molecule has 1 saturated heterocycles. The minimum absolute atomic E-state index is 0.208. The summed E-state index contributed by atoms with van der Waals surface area (Å²) in [4.78, 5) is 13.7. The zero-order valence-corrected chi connectivity index (χ0v) is 11.5. The van der Waals surface area contributed by atoms with Gasteiger partial charge in [-0.25, -0.2) is 0 Å². The van der Waals surface area contributed by atoms with Crippen molar-refractivity contribution in [3.63, 3.8) is 0 Å². The number of carboxylic acids is 1. The summed E-state index contributed by atoms with van der Waals surface area (Å²) >= 11 is 0. The van der Waals surface area contributed by atoms with E-state index < -0.39 is 12.0 Å². The molecule has 3 unspecified atom stereocenters. The van der Waals surface area contributed by atoms with Crippen LogP contribution in [0.25, 0.3) is 0 Å². The van der Waals surface area contributed by atoms with Gasteiger partial charge in [-0.15, -0.1) is 0 Å². The van der Waals surface area contributed by atoms with Gasteiger partial charge >= 0.3 is 5.97 Å². The predicted molar refractivity (Wildman–Crippen MR) is 73.0 cm³/mol. The van der Waals surface area contributed by atoms with Crippen molar-refractivity contribution in [2.45, 2.75) is 38.0 Å². The topological polar surface area (TPSA) is 49.8 Å². The van der Waals surface area contributed by atoms with Crippen molar-refractivity contribution in [2.24, 2.45) is 0 Å². The maximum absolute atomic E-state index is 11.6. The lowest BCUT2D eigenvalue weighted by atomic mass is 9.95. The summed E-state index contributed by atoms with van der Waals surface area (Å²) < 4.78 is 5.38. The van der Waals surface area contributed by atoms with Crippen LogP contribution in [0.3, 0.4) is 0 Å². The number of ether oxygens (including phenoxy) is 1. The molecular weight excluding hydrogens is 242 g/mol. The summed E-state index contributed by atoms with van der Waals surface area (Å²) in [5, 5.41) is 9.55. The van der Waals surface area contributed by atoms with Crippen LogP contribution in [0.15, 0.2) is 30.3 Å². The molecule has 4 nitrogen and oxygen atoms in total. The number of methoxy groups -OCH3 is 1. The number of piperidine rings is 1. The Morgan fingerprint density at radius 3 is 2.63 bits per heavy atom. The van der Waals surface area contributed by atoms with Crippen molar-refractivity contribution in [1.29, 1.82) is 0 Å². The third kappa shape index (κ3) is 3.14. The number of likely N-dealkylation sites (tertiary alicyclic amines) is 1. The lowest BCUT2D eigenvalue weighted by Crippen LogP contribution is -2.47. The monoisotopic (exact) mass is 263 g/mol. The van der Waals surface area contributed by atoms with Gasteiger partial charge in [0.25, 0.3) is 0 Å². The standard InChI is InChI=1S/C15H21NO3/c1-11-10-13(19-2)8-9-16(11)14(15(17)18)12-6-4-3-5-7-12/h3-7,11,13-14H,8-10H2,1-2H3,(H,17,18). The van der Waals surface area contributed by atoms with Crippen LogP contribution in [-0.2, 0) is 9.53 Å². The average molecular weight is 263 g/mol. The Labute approximate surface area is 114 Å². The molecule has 1 fully saturated rings. The van der Waals surface area contributed by atoms with Gasteiger partial charge in [0.05, 0.1) is 6.10 Å². The first kappa shape index (κ1) is 14.0. The molecule has 0 saturated carbocycles. The average Bonchev–Trinajstić information content (AvgIpc) is 2.41. The molecule has 0 aliphatic carbocycles. The van der Waals surface area contributed by atoms with Gasteiger partial charge < -0.3 is 9.84 Å². The third-order valence-electron chi connectivity index (χ3n) is 3.89. The molecule has 4 heteroatoms. The van der Waals surface area contributed by atoms with Gasteiger partial charge in [-0.2, -0.15) is 0 Å². The van der Waals surface area contributed by atoms with Crippen LogP contribution in [0.1, 0.15) is 31.4 Å². The molecule has 1 aliphatic rings. The van der Waals surface area contributed by atoms with Crippen molar-refractivity contribution in [3.05, 3.63) is 35.9 Å². The van der Waals surface area contributed by atoms with Gasteiger partial charge in [-0.3, -0.25) is 9.69 Å². The van der Waals surface area contributed by atoms with E-state index in [2.05, 4.69) is 11.8 Å². The largest absolute Gasteiger partial charge is 0.480 e. The summed E-state index contributed by atoms with van der Waals surface area (Å²) in [5.41, 5.74) is 0.845. The number of hydrogen-bond donors (Lipinski definition) is 1. The molecule has 2 rings (SSSR count). The molecule has 1 N–H and O–H groups in total. The number of carbonyl (C=O) groups is 1. The van der Waals surface area contributed by atoms with Crippen molar-refractivity contribution in [3.8, 4) is 0 Å². The fraction of sp³-hybridized carbons (Fsp3) is 0.533. The van der Waals surface area contributed by atoms with Gasteiger partial charge in [0, 0.05) is 19.7 Å². The van der Waals surface area contributed by atoms with Crippen LogP contribution in [0.2, 0.25) is 0 Å². The molecule has 0 bridgehead atoms. The van der Waals surface area contributed by atoms with Crippen molar-refractivity contribution >= 4 is 5.97 Å². The molecular formula is C15H21NO3. The third-order valence-corrected chi connectivity index (χ3v) is 3.89. The summed E-state index contributed by atoms with van der Waals surface area (Å²) in [6.07, 6.45) is 2.02. The molecule has 104 valence electrons. The summed E-state index contributed by atoms with van der Waals surface area (Å²) in [6, 6.07) is 9.09. The first-order chi connectivity index (χ1) is 9.13. The fourth-order valence-corrected chi connectivity index (χ4v) is 2.86. The predicted octanol–water partition coefficient (Wildman–Crippen LogP) is 2.31. The Kier molecular flexibility index (Phi) is 4.56. The van der Waals surface area contributed by atoms with Gasteiger partial charge in [0.15, 0.2) is 0 Å². The van der Waals surface area contributed by atoms with Crippen LogP contribution in [0, 0.1) is 0 Å². The Morgan fingerprint density at radius 1 is 1.42 bits per heavy atom. The van der Waals surface area contributed by atoms with Crippen LogP contribution in [0.4, 0.5) is 0 Å². The molecule has 3 atom stereocenters. The lowest BCUT2D eigenvalue weighted by molar-refractivity contribution is -0.146. The summed E-state index contributed by atoms with van der Waals surface area (Å²) in [5.74, 6) is -0.783. The number of aliphatic carboxylic acids is 1.